The Morgan fingerprint density at radius 3 is 2.50 bits per heavy atom. The van der Waals surface area contributed by atoms with Crippen LogP contribution in [0.2, 0.25) is 0 Å². The quantitative estimate of drug-likeness (QED) is 0.168. The summed E-state index contributed by atoms with van der Waals surface area (Å²) in [5.41, 5.74) is 4.66. The number of thiophene rings is 1. The predicted octanol–water partition coefficient (Wildman–Crippen LogP) is 5.18. The first-order valence-corrected chi connectivity index (χ1v) is 11.9. The highest BCUT2D eigenvalue weighted by Gasteiger charge is 2.25. The molecule has 0 spiro atoms. The Kier molecular flexibility index (Phi) is 9.18. The molecule has 36 heavy (non-hydrogen) atoms. The maximum atomic E-state index is 12.4. The minimum Gasteiger partial charge on any atom is -0.493 e. The summed E-state index contributed by atoms with van der Waals surface area (Å²) in [5.74, 6) is 0.271. The summed E-state index contributed by atoms with van der Waals surface area (Å²) < 4.78 is 16.3. The van der Waals surface area contributed by atoms with Gasteiger partial charge >= 0.3 is 12.0 Å². The second kappa shape index (κ2) is 12.5. The maximum Gasteiger partial charge on any atom is 0.341 e. The number of anilines is 1. The predicted molar refractivity (Wildman–Crippen MR) is 139 cm³/mol. The summed E-state index contributed by atoms with van der Waals surface area (Å²) in [7, 11) is 1.54. The van der Waals surface area contributed by atoms with Crippen molar-refractivity contribution in [2.24, 2.45) is 5.10 Å². The van der Waals surface area contributed by atoms with Gasteiger partial charge in [-0.2, -0.15) is 5.10 Å². The van der Waals surface area contributed by atoms with Gasteiger partial charge in [0.05, 0.1) is 30.4 Å². The summed E-state index contributed by atoms with van der Waals surface area (Å²) in [5, 5.41) is 6.74. The third-order valence-corrected chi connectivity index (χ3v) is 6.29. The van der Waals surface area contributed by atoms with Gasteiger partial charge in [-0.1, -0.05) is 30.3 Å². The summed E-state index contributed by atoms with van der Waals surface area (Å²) in [4.78, 5) is 37.1. The average molecular weight is 510 g/mol. The van der Waals surface area contributed by atoms with Crippen LogP contribution in [-0.2, 0) is 11.3 Å². The molecule has 2 N–H and O–H groups in total. The van der Waals surface area contributed by atoms with Crippen LogP contribution in [0.1, 0.15) is 50.6 Å². The van der Waals surface area contributed by atoms with Crippen LogP contribution in [0.5, 0.6) is 11.5 Å². The average Bonchev–Trinajstić information content (AvgIpc) is 3.19. The number of urea groups is 1. The second-order valence-corrected chi connectivity index (χ2v) is 8.57. The van der Waals surface area contributed by atoms with E-state index < -0.39 is 12.0 Å². The zero-order valence-corrected chi connectivity index (χ0v) is 21.2. The first-order valence-electron chi connectivity index (χ1n) is 11.1. The zero-order valence-electron chi connectivity index (χ0n) is 20.4. The van der Waals surface area contributed by atoms with Gasteiger partial charge in [-0.3, -0.25) is 10.1 Å². The van der Waals surface area contributed by atoms with Gasteiger partial charge in [-0.15, -0.1) is 11.3 Å². The molecule has 0 aliphatic carbocycles. The monoisotopic (exact) mass is 509 g/mol. The molecular weight excluding hydrogens is 482 g/mol. The topological polar surface area (TPSA) is 115 Å². The molecule has 0 fully saturated rings. The molecule has 0 radical (unpaired) electrons. The SMILES string of the molecule is CCOC(=O)c1c(NC(=O)NN=Cc2ccc(OCc3ccccc3)c(OC)c2)sc(C(C)=O)c1C. The third-order valence-electron chi connectivity index (χ3n) is 4.98. The number of amides is 2. The van der Waals surface area contributed by atoms with Crippen molar-refractivity contribution in [3.8, 4) is 11.5 Å². The van der Waals surface area contributed by atoms with E-state index in [1.807, 2.05) is 30.3 Å². The molecule has 1 aromatic heterocycles. The summed E-state index contributed by atoms with van der Waals surface area (Å²) >= 11 is 1.01. The normalized spacial score (nSPS) is 10.7. The molecule has 0 saturated carbocycles. The molecule has 3 rings (SSSR count). The van der Waals surface area contributed by atoms with Crippen LogP contribution < -0.4 is 20.2 Å². The summed E-state index contributed by atoms with van der Waals surface area (Å²) in [6.45, 7) is 5.28. The molecule has 0 atom stereocenters. The number of hydrogen-bond acceptors (Lipinski definition) is 8. The van der Waals surface area contributed by atoms with E-state index in [4.69, 9.17) is 14.2 Å². The van der Waals surface area contributed by atoms with E-state index in [-0.39, 0.29) is 23.0 Å². The molecule has 3 aromatic rings. The van der Waals surface area contributed by atoms with Crippen LogP contribution in [0.3, 0.4) is 0 Å². The fourth-order valence-corrected chi connectivity index (χ4v) is 4.39. The Balaban J connectivity index is 1.65. The van der Waals surface area contributed by atoms with Crippen LogP contribution in [0, 0.1) is 6.92 Å². The fraction of sp³-hybridized carbons (Fsp3) is 0.231. The van der Waals surface area contributed by atoms with Crippen LogP contribution >= 0.6 is 11.3 Å². The van der Waals surface area contributed by atoms with Gasteiger partial charge in [0.25, 0.3) is 0 Å². The van der Waals surface area contributed by atoms with Crippen LogP contribution in [0.25, 0.3) is 0 Å². The number of carbonyl (C=O) groups is 3. The summed E-state index contributed by atoms with van der Waals surface area (Å²) in [6.07, 6.45) is 1.44. The zero-order chi connectivity index (χ0) is 26.1. The molecule has 0 aliphatic heterocycles. The van der Waals surface area contributed by atoms with Crippen molar-refractivity contribution in [3.63, 3.8) is 0 Å². The molecule has 10 heteroatoms. The smallest absolute Gasteiger partial charge is 0.341 e. The van der Waals surface area contributed by atoms with Crippen molar-refractivity contribution in [1.29, 1.82) is 0 Å². The number of nitrogens with zero attached hydrogens (tertiary/aromatic N) is 1. The van der Waals surface area contributed by atoms with Gasteiger partial charge in [-0.05, 0) is 55.7 Å². The summed E-state index contributed by atoms with van der Waals surface area (Å²) in [6, 6.07) is 14.3. The van der Waals surface area contributed by atoms with E-state index in [9.17, 15) is 14.4 Å². The number of methoxy groups -OCH3 is 1. The Bertz CT molecular complexity index is 1270. The van der Waals surface area contributed by atoms with Gasteiger partial charge in [0, 0.05) is 0 Å². The number of nitrogens with one attached hydrogen (secondary N) is 2. The molecule has 188 valence electrons. The highest BCUT2D eigenvalue weighted by atomic mass is 32.1. The van der Waals surface area contributed by atoms with E-state index in [1.165, 1.54) is 20.2 Å². The van der Waals surface area contributed by atoms with Crippen molar-refractivity contribution in [2.75, 3.05) is 19.0 Å². The number of ketones is 1. The van der Waals surface area contributed by atoms with Crippen molar-refractivity contribution in [1.82, 2.24) is 5.43 Å². The highest BCUT2D eigenvalue weighted by Crippen LogP contribution is 2.34. The van der Waals surface area contributed by atoms with E-state index in [1.54, 1.807) is 32.0 Å². The molecule has 2 aromatic carbocycles. The lowest BCUT2D eigenvalue weighted by Gasteiger charge is -2.11. The first kappa shape index (κ1) is 26.4. The minimum atomic E-state index is -0.678. The van der Waals surface area contributed by atoms with E-state index in [0.717, 1.165) is 16.9 Å². The van der Waals surface area contributed by atoms with Crippen molar-refractivity contribution in [2.45, 2.75) is 27.4 Å². The lowest BCUT2D eigenvalue weighted by Crippen LogP contribution is -2.24. The van der Waals surface area contributed by atoms with E-state index in [0.29, 0.717) is 34.1 Å². The van der Waals surface area contributed by atoms with E-state index in [2.05, 4.69) is 15.8 Å². The standard InChI is InChI=1S/C26H27N3O6S/c1-5-34-25(31)22-16(2)23(17(3)30)36-24(22)28-26(32)29-27-14-19-11-12-20(21(13-19)33-4)35-15-18-9-7-6-8-10-18/h6-14H,5,15H2,1-4H3,(H2,28,29,32). The third kappa shape index (κ3) is 6.70. The minimum absolute atomic E-state index is 0.155. The first-order chi connectivity index (χ1) is 17.3. The van der Waals surface area contributed by atoms with Gasteiger partial charge in [0.1, 0.15) is 11.6 Å². The van der Waals surface area contributed by atoms with Crippen molar-refractivity contribution >= 4 is 40.3 Å². The van der Waals surface area contributed by atoms with E-state index >= 15 is 0 Å². The Morgan fingerprint density at radius 1 is 1.08 bits per heavy atom. The lowest BCUT2D eigenvalue weighted by molar-refractivity contribution is 0.0527. The van der Waals surface area contributed by atoms with Gasteiger partial charge < -0.3 is 14.2 Å². The molecule has 2 amide bonds. The number of benzene rings is 2. The van der Waals surface area contributed by atoms with Gasteiger partial charge in [0.15, 0.2) is 17.3 Å². The van der Waals surface area contributed by atoms with Crippen molar-refractivity contribution in [3.05, 3.63) is 75.7 Å². The van der Waals surface area contributed by atoms with Crippen molar-refractivity contribution < 1.29 is 28.6 Å². The fourth-order valence-electron chi connectivity index (χ4n) is 3.30. The number of ether oxygens (including phenoxy) is 3. The molecule has 9 nitrogen and oxygen atoms in total. The Morgan fingerprint density at radius 2 is 1.83 bits per heavy atom. The Labute approximate surface area is 213 Å². The molecule has 0 saturated heterocycles. The highest BCUT2D eigenvalue weighted by molar-refractivity contribution is 7.18. The van der Waals surface area contributed by atoms with Gasteiger partial charge in [0.2, 0.25) is 0 Å². The molecular formula is C26H27N3O6S. The number of Topliss-reactive ketones (excluding diaryl/α,β-unsaturated/α-hetero) is 1. The largest absolute Gasteiger partial charge is 0.493 e. The number of hydrogen-bond donors (Lipinski definition) is 2. The van der Waals surface area contributed by atoms with Crippen LogP contribution in [0.15, 0.2) is 53.6 Å². The second-order valence-electron chi connectivity index (χ2n) is 7.55. The van der Waals surface area contributed by atoms with Gasteiger partial charge in [-0.25, -0.2) is 15.0 Å². The van der Waals surface area contributed by atoms with Crippen LogP contribution in [-0.4, -0.2) is 37.7 Å². The molecule has 0 bridgehead atoms. The molecule has 0 unspecified atom stereocenters. The van der Waals surface area contributed by atoms with Crippen LogP contribution in [0.4, 0.5) is 9.80 Å². The number of rotatable bonds is 10. The Hall–Kier alpha value is -4.18. The molecule has 1 heterocycles. The molecule has 0 aliphatic rings. The maximum absolute atomic E-state index is 12.4. The number of esters is 1. The number of carbonyl (C=O) groups excluding carboxylic acids is 3. The number of hydrazone groups is 1. The lowest BCUT2D eigenvalue weighted by atomic mass is 10.1.